The van der Waals surface area contributed by atoms with Crippen molar-refractivity contribution in [1.29, 1.82) is 0 Å². The molecule has 1 N–H and O–H groups in total. The van der Waals surface area contributed by atoms with Crippen molar-refractivity contribution in [2.24, 2.45) is 5.92 Å². The third-order valence-corrected chi connectivity index (χ3v) is 5.59. The highest BCUT2D eigenvalue weighted by atomic mass is 79.9. The first-order valence-electron chi connectivity index (χ1n) is 8.07. The Kier molecular flexibility index (Phi) is 3.57. The molecule has 0 bridgehead atoms. The van der Waals surface area contributed by atoms with Gasteiger partial charge in [-0.3, -0.25) is 0 Å². The molecule has 1 nitrogen and oxygen atoms in total. The van der Waals surface area contributed by atoms with E-state index in [1.165, 1.54) is 22.4 Å². The molecule has 0 radical (unpaired) electrons. The molecule has 0 aromatic heterocycles. The SMILES string of the molecule is CCc1ccc2c(c1)[C@@H]1C=CC[C@@H]1[C@H](c1ccc(Br)cc1)N2. The molecule has 1 aliphatic carbocycles. The standard InChI is InChI=1S/C20H20BrN/c1-2-13-6-11-19-18(12-13)16-4-3-5-17(16)20(22-19)14-7-9-15(21)10-8-14/h3-4,6-12,16-17,20,22H,2,5H2,1H3/t16-,17+,20+/m1/s1. The van der Waals surface area contributed by atoms with Crippen LogP contribution in [0.1, 0.15) is 42.0 Å². The van der Waals surface area contributed by atoms with Gasteiger partial charge in [-0.2, -0.15) is 0 Å². The minimum absolute atomic E-state index is 0.396. The lowest BCUT2D eigenvalue weighted by molar-refractivity contribution is 0.425. The van der Waals surface area contributed by atoms with Crippen LogP contribution in [0.4, 0.5) is 5.69 Å². The lowest BCUT2D eigenvalue weighted by Gasteiger charge is -2.37. The molecule has 2 aromatic carbocycles. The Morgan fingerprint density at radius 1 is 1.14 bits per heavy atom. The van der Waals surface area contributed by atoms with Gasteiger partial charge in [0.2, 0.25) is 0 Å². The van der Waals surface area contributed by atoms with Gasteiger partial charge in [0.25, 0.3) is 0 Å². The van der Waals surface area contributed by atoms with Crippen molar-refractivity contribution in [3.8, 4) is 0 Å². The summed E-state index contributed by atoms with van der Waals surface area (Å²) in [6, 6.07) is 16.1. The zero-order chi connectivity index (χ0) is 15.1. The lowest BCUT2D eigenvalue weighted by atomic mass is 9.76. The van der Waals surface area contributed by atoms with Crippen molar-refractivity contribution in [3.63, 3.8) is 0 Å². The predicted octanol–water partition coefficient (Wildman–Crippen LogP) is 5.84. The Hall–Kier alpha value is -1.54. The van der Waals surface area contributed by atoms with Crippen molar-refractivity contribution < 1.29 is 0 Å². The second kappa shape index (κ2) is 5.58. The van der Waals surface area contributed by atoms with Gasteiger partial charge in [-0.05, 0) is 53.6 Å². The van der Waals surface area contributed by atoms with Crippen LogP contribution >= 0.6 is 15.9 Å². The van der Waals surface area contributed by atoms with Gasteiger partial charge in [-0.25, -0.2) is 0 Å². The lowest BCUT2D eigenvalue weighted by Crippen LogP contribution is -2.29. The van der Waals surface area contributed by atoms with Crippen LogP contribution in [0.25, 0.3) is 0 Å². The number of fused-ring (bicyclic) bond motifs is 3. The topological polar surface area (TPSA) is 12.0 Å². The molecule has 1 heterocycles. The van der Waals surface area contributed by atoms with Crippen LogP contribution in [-0.4, -0.2) is 0 Å². The first kappa shape index (κ1) is 14.1. The van der Waals surface area contributed by atoms with Crippen LogP contribution in [0.15, 0.2) is 59.1 Å². The van der Waals surface area contributed by atoms with Gasteiger partial charge in [0, 0.05) is 16.1 Å². The number of benzene rings is 2. The fourth-order valence-electron chi connectivity index (χ4n) is 3.86. The Morgan fingerprint density at radius 3 is 2.73 bits per heavy atom. The maximum absolute atomic E-state index is 3.80. The van der Waals surface area contributed by atoms with Crippen molar-refractivity contribution in [2.45, 2.75) is 31.7 Å². The molecule has 0 saturated heterocycles. The van der Waals surface area contributed by atoms with Crippen LogP contribution in [-0.2, 0) is 6.42 Å². The average Bonchev–Trinajstić information content (AvgIpc) is 3.04. The molecule has 0 spiro atoms. The van der Waals surface area contributed by atoms with Crippen LogP contribution in [0.5, 0.6) is 0 Å². The van der Waals surface area contributed by atoms with E-state index < -0.39 is 0 Å². The van der Waals surface area contributed by atoms with Crippen LogP contribution < -0.4 is 5.32 Å². The second-order valence-corrected chi connectivity index (χ2v) is 7.22. The zero-order valence-corrected chi connectivity index (χ0v) is 14.3. The first-order chi connectivity index (χ1) is 10.8. The van der Waals surface area contributed by atoms with E-state index in [9.17, 15) is 0 Å². The largest absolute Gasteiger partial charge is 0.378 e. The summed E-state index contributed by atoms with van der Waals surface area (Å²) in [7, 11) is 0. The predicted molar refractivity (Wildman–Crippen MR) is 96.3 cm³/mol. The van der Waals surface area contributed by atoms with Crippen molar-refractivity contribution in [3.05, 3.63) is 75.8 Å². The van der Waals surface area contributed by atoms with E-state index >= 15 is 0 Å². The summed E-state index contributed by atoms with van der Waals surface area (Å²) < 4.78 is 1.14. The Balaban J connectivity index is 1.76. The van der Waals surface area contributed by atoms with Gasteiger partial charge in [0.05, 0.1) is 6.04 Å². The van der Waals surface area contributed by atoms with E-state index in [0.717, 1.165) is 17.3 Å². The molecule has 2 aliphatic rings. The normalized spacial score (nSPS) is 25.5. The smallest absolute Gasteiger partial charge is 0.0553 e. The number of hydrogen-bond donors (Lipinski definition) is 1. The summed E-state index contributed by atoms with van der Waals surface area (Å²) in [5.41, 5.74) is 5.60. The molecular weight excluding hydrogens is 334 g/mol. The molecule has 0 saturated carbocycles. The van der Waals surface area contributed by atoms with Gasteiger partial charge in [-0.1, -0.05) is 59.3 Å². The maximum atomic E-state index is 3.80. The Labute approximate surface area is 140 Å². The number of allylic oxidation sites excluding steroid dienone is 2. The van der Waals surface area contributed by atoms with Gasteiger partial charge >= 0.3 is 0 Å². The zero-order valence-electron chi connectivity index (χ0n) is 12.7. The van der Waals surface area contributed by atoms with Gasteiger partial charge < -0.3 is 5.32 Å². The van der Waals surface area contributed by atoms with E-state index in [4.69, 9.17) is 0 Å². The van der Waals surface area contributed by atoms with Crippen LogP contribution in [0.3, 0.4) is 0 Å². The van der Waals surface area contributed by atoms with Crippen molar-refractivity contribution in [1.82, 2.24) is 0 Å². The molecule has 1 aliphatic heterocycles. The van der Waals surface area contributed by atoms with E-state index in [2.05, 4.69) is 82.8 Å². The van der Waals surface area contributed by atoms with E-state index in [-0.39, 0.29) is 0 Å². The Morgan fingerprint density at radius 2 is 1.95 bits per heavy atom. The van der Waals surface area contributed by atoms with E-state index in [1.54, 1.807) is 0 Å². The third kappa shape index (κ3) is 2.30. The summed E-state index contributed by atoms with van der Waals surface area (Å²) in [5.74, 6) is 1.18. The molecule has 112 valence electrons. The summed E-state index contributed by atoms with van der Waals surface area (Å²) >= 11 is 3.53. The summed E-state index contributed by atoms with van der Waals surface area (Å²) in [4.78, 5) is 0. The Bertz CT molecular complexity index is 717. The quantitative estimate of drug-likeness (QED) is 0.668. The molecule has 2 heteroatoms. The van der Waals surface area contributed by atoms with E-state index in [0.29, 0.717) is 17.9 Å². The summed E-state index contributed by atoms with van der Waals surface area (Å²) in [5, 5.41) is 3.80. The highest BCUT2D eigenvalue weighted by molar-refractivity contribution is 9.10. The fraction of sp³-hybridized carbons (Fsp3) is 0.300. The fourth-order valence-corrected chi connectivity index (χ4v) is 4.13. The molecule has 0 fully saturated rings. The summed E-state index contributed by atoms with van der Waals surface area (Å²) in [6.07, 6.45) is 7.03. The number of anilines is 1. The molecule has 3 atom stereocenters. The number of hydrogen-bond acceptors (Lipinski definition) is 1. The molecule has 2 aromatic rings. The van der Waals surface area contributed by atoms with Gasteiger partial charge in [0.15, 0.2) is 0 Å². The molecule has 0 amide bonds. The molecule has 22 heavy (non-hydrogen) atoms. The van der Waals surface area contributed by atoms with E-state index in [1.807, 2.05) is 0 Å². The number of rotatable bonds is 2. The molecule has 0 unspecified atom stereocenters. The van der Waals surface area contributed by atoms with Gasteiger partial charge in [0.1, 0.15) is 0 Å². The number of aryl methyl sites for hydroxylation is 1. The van der Waals surface area contributed by atoms with Crippen LogP contribution in [0, 0.1) is 5.92 Å². The second-order valence-electron chi connectivity index (χ2n) is 6.30. The average molecular weight is 354 g/mol. The summed E-state index contributed by atoms with van der Waals surface area (Å²) in [6.45, 7) is 2.23. The highest BCUT2D eigenvalue weighted by Gasteiger charge is 2.37. The highest BCUT2D eigenvalue weighted by Crippen LogP contribution is 2.49. The maximum Gasteiger partial charge on any atom is 0.0553 e. The first-order valence-corrected chi connectivity index (χ1v) is 8.87. The monoisotopic (exact) mass is 353 g/mol. The minimum atomic E-state index is 0.396. The van der Waals surface area contributed by atoms with Gasteiger partial charge in [-0.15, -0.1) is 0 Å². The van der Waals surface area contributed by atoms with Crippen molar-refractivity contribution >= 4 is 21.6 Å². The van der Waals surface area contributed by atoms with Crippen molar-refractivity contribution in [2.75, 3.05) is 5.32 Å². The number of nitrogens with one attached hydrogen (secondary N) is 1. The molecular formula is C20H20BrN. The minimum Gasteiger partial charge on any atom is -0.378 e. The molecule has 4 rings (SSSR count). The van der Waals surface area contributed by atoms with Crippen LogP contribution in [0.2, 0.25) is 0 Å². The third-order valence-electron chi connectivity index (χ3n) is 5.06. The number of halogens is 1.